The monoisotopic (exact) mass is 587 g/mol. The highest BCUT2D eigenvalue weighted by molar-refractivity contribution is 9.10. The van der Waals surface area contributed by atoms with Crippen molar-refractivity contribution < 1.29 is 24.3 Å². The van der Waals surface area contributed by atoms with Crippen LogP contribution in [0, 0.1) is 0 Å². The first-order valence-electron chi connectivity index (χ1n) is 13.1. The molecule has 0 aromatic heterocycles. The fraction of sp³-hybridized carbons (Fsp3) is 0.250. The van der Waals surface area contributed by atoms with E-state index in [-0.39, 0.29) is 30.1 Å². The number of nitrogens with one attached hydrogen (secondary N) is 1. The third-order valence-electron chi connectivity index (χ3n) is 6.96. The number of carboxylic acids is 1. The first-order chi connectivity index (χ1) is 18.8. The van der Waals surface area contributed by atoms with E-state index in [0.29, 0.717) is 28.2 Å². The van der Waals surface area contributed by atoms with Crippen LogP contribution in [0.1, 0.15) is 86.6 Å². The number of allylic oxidation sites excluding steroid dienone is 2. The average Bonchev–Trinajstić information content (AvgIpc) is 2.96. The van der Waals surface area contributed by atoms with Crippen LogP contribution < -0.4 is 5.32 Å². The summed E-state index contributed by atoms with van der Waals surface area (Å²) in [5, 5.41) is 11.3. The number of carbonyl (C=O) groups is 4. The van der Waals surface area contributed by atoms with Crippen molar-refractivity contribution >= 4 is 44.9 Å². The molecule has 1 saturated carbocycles. The molecule has 1 aliphatic rings. The molecular weight excluding hydrogens is 558 g/mol. The van der Waals surface area contributed by atoms with Crippen molar-refractivity contribution in [2.45, 2.75) is 44.4 Å². The third kappa shape index (κ3) is 7.60. The molecule has 0 bridgehead atoms. The Kier molecular flexibility index (Phi) is 9.60. The number of carboxylic acid groups (broad SMARTS) is 1. The third-order valence-corrected chi connectivity index (χ3v) is 7.45. The maximum Gasteiger partial charge on any atom is 0.305 e. The van der Waals surface area contributed by atoms with E-state index in [2.05, 4.69) is 21.2 Å². The number of amides is 1. The number of Topliss-reactive ketones (excluding diaryl/α,β-unsaturated/α-hetero) is 1. The van der Waals surface area contributed by atoms with Crippen LogP contribution in [-0.2, 0) is 4.79 Å². The summed E-state index contributed by atoms with van der Waals surface area (Å²) >= 11 is 3.44. The summed E-state index contributed by atoms with van der Waals surface area (Å²) in [6, 6.07) is 21.0. The minimum absolute atomic E-state index is 0.00830. The summed E-state index contributed by atoms with van der Waals surface area (Å²) in [5.74, 6) is -1.50. The second-order valence-electron chi connectivity index (χ2n) is 9.70. The van der Waals surface area contributed by atoms with Gasteiger partial charge in [-0.3, -0.25) is 19.2 Å². The molecule has 0 saturated heterocycles. The Balaban J connectivity index is 1.57. The van der Waals surface area contributed by atoms with Crippen LogP contribution in [0.4, 0.5) is 0 Å². The molecule has 0 unspecified atom stereocenters. The van der Waals surface area contributed by atoms with Gasteiger partial charge in [0.15, 0.2) is 11.6 Å². The molecule has 2 N–H and O–H groups in total. The molecule has 1 amide bonds. The lowest BCUT2D eigenvalue weighted by Crippen LogP contribution is -2.26. The van der Waals surface area contributed by atoms with Gasteiger partial charge in [-0.2, -0.15) is 0 Å². The summed E-state index contributed by atoms with van der Waals surface area (Å²) in [7, 11) is 0. The fourth-order valence-corrected chi connectivity index (χ4v) is 5.22. The van der Waals surface area contributed by atoms with E-state index in [0.717, 1.165) is 4.47 Å². The number of carbonyl (C=O) groups excluding carboxylic acids is 3. The maximum atomic E-state index is 13.6. The normalized spacial score (nSPS) is 14.0. The molecule has 1 aliphatic carbocycles. The van der Waals surface area contributed by atoms with Crippen molar-refractivity contribution in [2.24, 2.45) is 0 Å². The summed E-state index contributed by atoms with van der Waals surface area (Å²) in [4.78, 5) is 49.8. The summed E-state index contributed by atoms with van der Waals surface area (Å²) in [6.07, 6.45) is 7.32. The van der Waals surface area contributed by atoms with Gasteiger partial charge in [0.05, 0.1) is 6.42 Å². The second kappa shape index (κ2) is 13.3. The molecule has 3 aromatic carbocycles. The van der Waals surface area contributed by atoms with Crippen LogP contribution in [-0.4, -0.2) is 35.1 Å². The molecule has 3 aromatic rings. The Labute approximate surface area is 236 Å². The first kappa shape index (κ1) is 28.2. The minimum Gasteiger partial charge on any atom is -0.481 e. The zero-order valence-electron chi connectivity index (χ0n) is 21.5. The molecule has 0 spiro atoms. The Morgan fingerprint density at radius 3 is 2.10 bits per heavy atom. The summed E-state index contributed by atoms with van der Waals surface area (Å²) in [6.45, 7) is 0.00830. The van der Waals surface area contributed by atoms with Gasteiger partial charge in [0, 0.05) is 33.3 Å². The van der Waals surface area contributed by atoms with E-state index in [4.69, 9.17) is 5.11 Å². The zero-order valence-corrected chi connectivity index (χ0v) is 23.1. The molecular formula is C32H30BrNO5. The van der Waals surface area contributed by atoms with Crippen molar-refractivity contribution in [1.29, 1.82) is 0 Å². The Bertz CT molecular complexity index is 1390. The van der Waals surface area contributed by atoms with Gasteiger partial charge in [0.2, 0.25) is 0 Å². The smallest absolute Gasteiger partial charge is 0.305 e. The van der Waals surface area contributed by atoms with E-state index in [1.807, 2.05) is 30.3 Å². The SMILES string of the molecule is O=C(O)CCNC(=O)c1ccc(C(=O)C(=CC(=O)c2ccc(C3CCCCC3)cc2)c2cccc(Br)c2)cc1. The molecule has 200 valence electrons. The van der Waals surface area contributed by atoms with Crippen LogP contribution in [0.5, 0.6) is 0 Å². The zero-order chi connectivity index (χ0) is 27.8. The number of halogens is 1. The van der Waals surface area contributed by atoms with Crippen molar-refractivity contribution in [2.75, 3.05) is 6.54 Å². The molecule has 7 heteroatoms. The van der Waals surface area contributed by atoms with Crippen LogP contribution >= 0.6 is 15.9 Å². The van der Waals surface area contributed by atoms with Crippen LogP contribution in [0.25, 0.3) is 5.57 Å². The Morgan fingerprint density at radius 2 is 1.46 bits per heavy atom. The number of hydrogen-bond acceptors (Lipinski definition) is 4. The predicted octanol–water partition coefficient (Wildman–Crippen LogP) is 6.85. The number of benzene rings is 3. The second-order valence-corrected chi connectivity index (χ2v) is 10.6. The van der Waals surface area contributed by atoms with E-state index in [9.17, 15) is 19.2 Å². The van der Waals surface area contributed by atoms with E-state index >= 15 is 0 Å². The van der Waals surface area contributed by atoms with E-state index in [1.165, 1.54) is 68.0 Å². The Hall–Kier alpha value is -3.84. The molecule has 0 heterocycles. The first-order valence-corrected chi connectivity index (χ1v) is 13.9. The van der Waals surface area contributed by atoms with Crippen molar-refractivity contribution in [3.63, 3.8) is 0 Å². The molecule has 1 fully saturated rings. The Morgan fingerprint density at radius 1 is 0.821 bits per heavy atom. The highest BCUT2D eigenvalue weighted by atomic mass is 79.9. The van der Waals surface area contributed by atoms with E-state index in [1.54, 1.807) is 18.2 Å². The minimum atomic E-state index is -1.00. The van der Waals surface area contributed by atoms with Gasteiger partial charge in [-0.1, -0.05) is 83.7 Å². The van der Waals surface area contributed by atoms with Gasteiger partial charge in [-0.25, -0.2) is 0 Å². The molecule has 0 radical (unpaired) electrons. The van der Waals surface area contributed by atoms with Gasteiger partial charge in [0.1, 0.15) is 0 Å². The van der Waals surface area contributed by atoms with Gasteiger partial charge in [0.25, 0.3) is 5.91 Å². The molecule has 0 atom stereocenters. The standard InChI is InChI=1S/C32H30BrNO5/c33-27-8-4-7-26(19-27)28(20-29(35)23-11-9-22(10-12-23)21-5-2-1-3-6-21)31(38)24-13-15-25(16-14-24)32(39)34-18-17-30(36)37/h4,7-16,19-21H,1-3,5-6,17-18H2,(H,34,39)(H,36,37). The molecule has 39 heavy (non-hydrogen) atoms. The van der Waals surface area contributed by atoms with Gasteiger partial charge < -0.3 is 10.4 Å². The van der Waals surface area contributed by atoms with Gasteiger partial charge in [-0.15, -0.1) is 0 Å². The number of aliphatic carboxylic acids is 1. The van der Waals surface area contributed by atoms with Crippen molar-refractivity contribution in [3.8, 4) is 0 Å². The lowest BCUT2D eigenvalue weighted by Gasteiger charge is -2.21. The topological polar surface area (TPSA) is 101 Å². The largest absolute Gasteiger partial charge is 0.481 e. The fourth-order valence-electron chi connectivity index (χ4n) is 4.82. The summed E-state index contributed by atoms with van der Waals surface area (Å²) < 4.78 is 0.774. The number of ketones is 2. The summed E-state index contributed by atoms with van der Waals surface area (Å²) in [5.41, 5.74) is 3.24. The van der Waals surface area contributed by atoms with Crippen LogP contribution in [0.15, 0.2) is 83.3 Å². The van der Waals surface area contributed by atoms with Crippen LogP contribution in [0.3, 0.4) is 0 Å². The van der Waals surface area contributed by atoms with Crippen molar-refractivity contribution in [1.82, 2.24) is 5.32 Å². The maximum absolute atomic E-state index is 13.6. The lowest BCUT2D eigenvalue weighted by atomic mass is 9.84. The molecule has 4 rings (SSSR count). The van der Waals surface area contributed by atoms with Crippen molar-refractivity contribution in [3.05, 3.63) is 111 Å². The molecule has 6 nitrogen and oxygen atoms in total. The quantitative estimate of drug-likeness (QED) is 0.199. The average molecular weight is 588 g/mol. The molecule has 0 aliphatic heterocycles. The highest BCUT2D eigenvalue weighted by Gasteiger charge is 2.19. The van der Waals surface area contributed by atoms with Gasteiger partial charge >= 0.3 is 5.97 Å². The lowest BCUT2D eigenvalue weighted by molar-refractivity contribution is -0.136. The highest BCUT2D eigenvalue weighted by Crippen LogP contribution is 2.33. The predicted molar refractivity (Wildman–Crippen MR) is 154 cm³/mol. The number of hydrogen-bond donors (Lipinski definition) is 2. The van der Waals surface area contributed by atoms with Crippen LogP contribution in [0.2, 0.25) is 0 Å². The van der Waals surface area contributed by atoms with Gasteiger partial charge in [-0.05, 0) is 60.2 Å². The number of rotatable bonds is 10. The van der Waals surface area contributed by atoms with E-state index < -0.39 is 11.9 Å².